The monoisotopic (exact) mass is 270 g/mol. The number of nitrogens with zero attached hydrogens (tertiary/aromatic N) is 1. The fourth-order valence-electron chi connectivity index (χ4n) is 2.21. The highest BCUT2D eigenvalue weighted by atomic mass is 32.1. The molecule has 0 atom stereocenters. The average Bonchev–Trinajstić information content (AvgIpc) is 3.07. The van der Waals surface area contributed by atoms with Crippen molar-refractivity contribution in [2.75, 3.05) is 7.05 Å². The van der Waals surface area contributed by atoms with E-state index in [1.807, 2.05) is 49.0 Å². The lowest BCUT2D eigenvalue weighted by molar-refractivity contribution is 0.0787. The molecule has 0 aliphatic heterocycles. The van der Waals surface area contributed by atoms with E-state index in [2.05, 4.69) is 10.4 Å². The Hall–Kier alpha value is -2.07. The van der Waals surface area contributed by atoms with Crippen molar-refractivity contribution in [1.29, 1.82) is 0 Å². The highest BCUT2D eigenvalue weighted by molar-refractivity contribution is 7.07. The average molecular weight is 270 g/mol. The smallest absolute Gasteiger partial charge is 0.254 e. The second kappa shape index (κ2) is 4.90. The van der Waals surface area contributed by atoms with Gasteiger partial charge in [0.25, 0.3) is 5.91 Å². The molecule has 4 heteroatoms. The summed E-state index contributed by atoms with van der Waals surface area (Å²) < 4.78 is 0. The maximum absolute atomic E-state index is 12.5. The highest BCUT2D eigenvalue weighted by Gasteiger charge is 2.15. The third-order valence-corrected chi connectivity index (χ3v) is 3.90. The van der Waals surface area contributed by atoms with Crippen LogP contribution in [0.2, 0.25) is 0 Å². The van der Waals surface area contributed by atoms with Gasteiger partial charge in [0.2, 0.25) is 0 Å². The van der Waals surface area contributed by atoms with Gasteiger partial charge in [0.1, 0.15) is 0 Å². The molecule has 0 radical (unpaired) electrons. The van der Waals surface area contributed by atoms with Crippen molar-refractivity contribution in [3.05, 3.63) is 58.4 Å². The molecule has 2 aromatic heterocycles. The zero-order valence-corrected chi connectivity index (χ0v) is 11.4. The molecule has 0 fully saturated rings. The molecule has 3 nitrogen and oxygen atoms in total. The molecule has 0 aliphatic rings. The molecule has 0 bridgehead atoms. The number of hydrogen-bond donors (Lipinski definition) is 1. The number of nitrogens with one attached hydrogen (secondary N) is 1. The van der Waals surface area contributed by atoms with Crippen LogP contribution in [0.5, 0.6) is 0 Å². The zero-order chi connectivity index (χ0) is 13.2. The molecule has 0 saturated heterocycles. The second-order valence-corrected chi connectivity index (χ2v) is 5.32. The first-order valence-electron chi connectivity index (χ1n) is 6.08. The topological polar surface area (TPSA) is 36.1 Å². The van der Waals surface area contributed by atoms with Crippen LogP contribution in [0.25, 0.3) is 10.9 Å². The maximum atomic E-state index is 12.5. The standard InChI is InChI=1S/C15H14N2OS/c1-17(9-11-6-8-19-10-11)15(18)13-3-2-4-14-12(13)5-7-16-14/h2-8,10,16H,9H2,1H3. The van der Waals surface area contributed by atoms with Crippen molar-refractivity contribution in [3.63, 3.8) is 0 Å². The van der Waals surface area contributed by atoms with Gasteiger partial charge in [0.15, 0.2) is 0 Å². The molecule has 0 saturated carbocycles. The molecule has 0 aliphatic carbocycles. The number of thiophene rings is 1. The fourth-order valence-corrected chi connectivity index (χ4v) is 2.87. The number of carbonyl (C=O) groups excluding carboxylic acids is 1. The molecule has 3 rings (SSSR count). The highest BCUT2D eigenvalue weighted by Crippen LogP contribution is 2.19. The first kappa shape index (κ1) is 12.0. The van der Waals surface area contributed by atoms with Crippen molar-refractivity contribution < 1.29 is 4.79 Å². The number of aromatic nitrogens is 1. The van der Waals surface area contributed by atoms with Gasteiger partial charge in [-0.15, -0.1) is 0 Å². The van der Waals surface area contributed by atoms with E-state index < -0.39 is 0 Å². The van der Waals surface area contributed by atoms with Crippen molar-refractivity contribution >= 4 is 28.1 Å². The lowest BCUT2D eigenvalue weighted by Crippen LogP contribution is -2.26. The van der Waals surface area contributed by atoms with Crippen LogP contribution in [-0.4, -0.2) is 22.8 Å². The number of benzene rings is 1. The third kappa shape index (κ3) is 2.27. The molecule has 2 heterocycles. The van der Waals surface area contributed by atoms with Crippen molar-refractivity contribution in [1.82, 2.24) is 9.88 Å². The van der Waals surface area contributed by atoms with Crippen LogP contribution in [0.3, 0.4) is 0 Å². The van der Waals surface area contributed by atoms with Gasteiger partial charge in [-0.25, -0.2) is 0 Å². The summed E-state index contributed by atoms with van der Waals surface area (Å²) in [7, 11) is 1.84. The molecule has 0 unspecified atom stereocenters. The summed E-state index contributed by atoms with van der Waals surface area (Å²) in [4.78, 5) is 17.4. The molecule has 3 aromatic rings. The Labute approximate surface area is 115 Å². The van der Waals surface area contributed by atoms with Crippen LogP contribution < -0.4 is 0 Å². The van der Waals surface area contributed by atoms with Gasteiger partial charge in [0.05, 0.1) is 0 Å². The lowest BCUT2D eigenvalue weighted by atomic mass is 10.1. The third-order valence-electron chi connectivity index (χ3n) is 3.17. The maximum Gasteiger partial charge on any atom is 0.254 e. The fraction of sp³-hybridized carbons (Fsp3) is 0.133. The number of hydrogen-bond acceptors (Lipinski definition) is 2. The van der Waals surface area contributed by atoms with E-state index in [0.29, 0.717) is 6.54 Å². The Kier molecular flexibility index (Phi) is 3.09. The SMILES string of the molecule is CN(Cc1ccsc1)C(=O)c1cccc2[nH]ccc12. The van der Waals surface area contributed by atoms with Gasteiger partial charge < -0.3 is 9.88 Å². The minimum atomic E-state index is 0.0522. The van der Waals surface area contributed by atoms with Crippen LogP contribution in [0.1, 0.15) is 15.9 Å². The number of rotatable bonds is 3. The summed E-state index contributed by atoms with van der Waals surface area (Å²) in [5.74, 6) is 0.0522. The van der Waals surface area contributed by atoms with E-state index >= 15 is 0 Å². The minimum Gasteiger partial charge on any atom is -0.361 e. The molecule has 1 amide bonds. The van der Waals surface area contributed by atoms with E-state index in [0.717, 1.165) is 16.5 Å². The largest absolute Gasteiger partial charge is 0.361 e. The summed E-state index contributed by atoms with van der Waals surface area (Å²) in [5.41, 5.74) is 2.91. The van der Waals surface area contributed by atoms with Crippen molar-refractivity contribution in [2.24, 2.45) is 0 Å². The van der Waals surface area contributed by atoms with Crippen LogP contribution >= 0.6 is 11.3 Å². The molecule has 19 heavy (non-hydrogen) atoms. The summed E-state index contributed by atoms with van der Waals surface area (Å²) in [6.45, 7) is 0.642. The molecule has 1 aromatic carbocycles. The van der Waals surface area contributed by atoms with Gasteiger partial charge in [0, 0.05) is 36.3 Å². The van der Waals surface area contributed by atoms with E-state index in [-0.39, 0.29) is 5.91 Å². The van der Waals surface area contributed by atoms with E-state index in [1.165, 1.54) is 5.56 Å². The minimum absolute atomic E-state index is 0.0522. The van der Waals surface area contributed by atoms with E-state index in [1.54, 1.807) is 16.2 Å². The van der Waals surface area contributed by atoms with Gasteiger partial charge in [-0.2, -0.15) is 11.3 Å². The lowest BCUT2D eigenvalue weighted by Gasteiger charge is -2.17. The summed E-state index contributed by atoms with van der Waals surface area (Å²) in [5, 5.41) is 5.07. The molecule has 0 spiro atoms. The zero-order valence-electron chi connectivity index (χ0n) is 10.6. The quantitative estimate of drug-likeness (QED) is 0.777. The van der Waals surface area contributed by atoms with Gasteiger partial charge >= 0.3 is 0 Å². The Morgan fingerprint density at radius 1 is 1.32 bits per heavy atom. The normalized spacial score (nSPS) is 10.8. The predicted octanol–water partition coefficient (Wildman–Crippen LogP) is 3.50. The first-order chi connectivity index (χ1) is 9.25. The van der Waals surface area contributed by atoms with Crippen LogP contribution in [-0.2, 0) is 6.54 Å². The summed E-state index contributed by atoms with van der Waals surface area (Å²) in [6, 6.07) is 9.75. The Morgan fingerprint density at radius 3 is 3.00 bits per heavy atom. The Bertz CT molecular complexity index is 700. The summed E-state index contributed by atoms with van der Waals surface area (Å²) >= 11 is 1.65. The number of fused-ring (bicyclic) bond motifs is 1. The van der Waals surface area contributed by atoms with Crippen LogP contribution in [0, 0.1) is 0 Å². The number of H-pyrrole nitrogens is 1. The molecule has 1 N–H and O–H groups in total. The first-order valence-corrected chi connectivity index (χ1v) is 7.02. The molecule has 96 valence electrons. The van der Waals surface area contributed by atoms with Crippen LogP contribution in [0.4, 0.5) is 0 Å². The van der Waals surface area contributed by atoms with Crippen molar-refractivity contribution in [2.45, 2.75) is 6.54 Å². The van der Waals surface area contributed by atoms with E-state index in [9.17, 15) is 4.79 Å². The second-order valence-electron chi connectivity index (χ2n) is 4.54. The van der Waals surface area contributed by atoms with Gasteiger partial charge in [-0.05, 0) is 40.6 Å². The van der Waals surface area contributed by atoms with E-state index in [4.69, 9.17) is 0 Å². The van der Waals surface area contributed by atoms with Gasteiger partial charge in [-0.3, -0.25) is 4.79 Å². The predicted molar refractivity (Wildman–Crippen MR) is 78.4 cm³/mol. The van der Waals surface area contributed by atoms with Gasteiger partial charge in [-0.1, -0.05) is 6.07 Å². The summed E-state index contributed by atoms with van der Waals surface area (Å²) in [6.07, 6.45) is 1.86. The molecular formula is C15H14N2OS. The molecular weight excluding hydrogens is 256 g/mol. The number of aromatic amines is 1. The van der Waals surface area contributed by atoms with Crippen molar-refractivity contribution in [3.8, 4) is 0 Å². The van der Waals surface area contributed by atoms with Crippen LogP contribution in [0.15, 0.2) is 47.3 Å². The Balaban J connectivity index is 1.89. The number of amides is 1. The Morgan fingerprint density at radius 2 is 2.21 bits per heavy atom. The number of carbonyl (C=O) groups is 1.